The van der Waals surface area contributed by atoms with E-state index in [1.807, 2.05) is 42.1 Å². The normalized spacial score (nSPS) is 18.3. The number of thioether (sulfide) groups is 1. The number of methoxy groups -OCH3 is 2. The Morgan fingerprint density at radius 1 is 1.10 bits per heavy atom. The summed E-state index contributed by atoms with van der Waals surface area (Å²) in [6.07, 6.45) is 3.20. The molecule has 2 aromatic carbocycles. The third-order valence-electron chi connectivity index (χ3n) is 5.07. The van der Waals surface area contributed by atoms with Gasteiger partial charge in [0.05, 0.1) is 14.2 Å². The van der Waals surface area contributed by atoms with E-state index in [-0.39, 0.29) is 11.9 Å². The molecular formula is C23H29NO4S. The van der Waals surface area contributed by atoms with E-state index in [4.69, 9.17) is 14.2 Å². The molecule has 5 nitrogen and oxygen atoms in total. The third-order valence-corrected chi connectivity index (χ3v) is 6.30. The molecule has 1 saturated carbocycles. The summed E-state index contributed by atoms with van der Waals surface area (Å²) in [5.74, 6) is 2.47. The smallest absolute Gasteiger partial charge is 0.251 e. The van der Waals surface area contributed by atoms with Gasteiger partial charge in [0.2, 0.25) is 5.75 Å². The van der Waals surface area contributed by atoms with E-state index in [0.717, 1.165) is 30.6 Å². The van der Waals surface area contributed by atoms with Gasteiger partial charge >= 0.3 is 0 Å². The summed E-state index contributed by atoms with van der Waals surface area (Å²) in [5.41, 5.74) is 1.55. The maximum Gasteiger partial charge on any atom is 0.251 e. The Bertz CT molecular complexity index is 787. The van der Waals surface area contributed by atoms with Crippen LogP contribution in [0.3, 0.4) is 0 Å². The molecule has 2 unspecified atom stereocenters. The number of carbonyl (C=O) groups excluding carboxylic acids is 1. The minimum absolute atomic E-state index is 0.108. The van der Waals surface area contributed by atoms with Gasteiger partial charge in [0.1, 0.15) is 6.61 Å². The highest BCUT2D eigenvalue weighted by Gasteiger charge is 2.27. The van der Waals surface area contributed by atoms with Crippen molar-refractivity contribution in [3.8, 4) is 17.2 Å². The van der Waals surface area contributed by atoms with E-state index in [9.17, 15) is 4.79 Å². The van der Waals surface area contributed by atoms with Crippen LogP contribution < -0.4 is 19.5 Å². The van der Waals surface area contributed by atoms with E-state index >= 15 is 0 Å². The van der Waals surface area contributed by atoms with Gasteiger partial charge in [-0.3, -0.25) is 4.79 Å². The maximum absolute atomic E-state index is 12.8. The predicted octanol–water partition coefficient (Wildman–Crippen LogP) is 4.69. The van der Waals surface area contributed by atoms with Crippen LogP contribution in [0.15, 0.2) is 42.5 Å². The van der Waals surface area contributed by atoms with Crippen LogP contribution in [0.25, 0.3) is 0 Å². The van der Waals surface area contributed by atoms with Crippen molar-refractivity contribution in [1.29, 1.82) is 0 Å². The lowest BCUT2D eigenvalue weighted by Gasteiger charge is -2.17. The highest BCUT2D eigenvalue weighted by molar-refractivity contribution is 7.99. The van der Waals surface area contributed by atoms with E-state index < -0.39 is 0 Å². The van der Waals surface area contributed by atoms with Gasteiger partial charge in [-0.15, -0.1) is 0 Å². The second kappa shape index (κ2) is 10.4. The lowest BCUT2D eigenvalue weighted by atomic mass is 10.1. The van der Waals surface area contributed by atoms with Gasteiger partial charge in [-0.05, 0) is 42.7 Å². The summed E-state index contributed by atoms with van der Waals surface area (Å²) < 4.78 is 17.0. The highest BCUT2D eigenvalue weighted by Crippen LogP contribution is 2.39. The van der Waals surface area contributed by atoms with E-state index in [2.05, 4.69) is 12.2 Å². The number of benzene rings is 2. The van der Waals surface area contributed by atoms with Crippen LogP contribution in [-0.2, 0) is 6.61 Å². The fraction of sp³-hybridized carbons (Fsp3) is 0.435. The summed E-state index contributed by atoms with van der Waals surface area (Å²) in [6, 6.07) is 13.5. The van der Waals surface area contributed by atoms with Gasteiger partial charge in [-0.25, -0.2) is 0 Å². The topological polar surface area (TPSA) is 56.8 Å². The van der Waals surface area contributed by atoms with Crippen LogP contribution >= 0.6 is 11.8 Å². The second-order valence-corrected chi connectivity index (χ2v) is 8.62. The molecule has 1 amide bonds. The van der Waals surface area contributed by atoms with Crippen molar-refractivity contribution in [1.82, 2.24) is 5.32 Å². The van der Waals surface area contributed by atoms with Gasteiger partial charge in [0, 0.05) is 16.9 Å². The molecule has 2 atom stereocenters. The first kappa shape index (κ1) is 21.4. The molecule has 0 heterocycles. The Balaban J connectivity index is 1.72. The van der Waals surface area contributed by atoms with E-state index in [0.29, 0.717) is 34.7 Å². The van der Waals surface area contributed by atoms with Crippen LogP contribution in [0, 0.1) is 0 Å². The molecule has 1 fully saturated rings. The molecule has 1 aliphatic carbocycles. The van der Waals surface area contributed by atoms with Gasteiger partial charge < -0.3 is 19.5 Å². The molecule has 3 rings (SSSR count). The van der Waals surface area contributed by atoms with Crippen molar-refractivity contribution in [2.45, 2.75) is 44.1 Å². The summed E-state index contributed by atoms with van der Waals surface area (Å²) >= 11 is 1.98. The lowest BCUT2D eigenvalue weighted by Crippen LogP contribution is -2.33. The zero-order chi connectivity index (χ0) is 20.6. The summed E-state index contributed by atoms with van der Waals surface area (Å²) in [5, 5.41) is 3.80. The average molecular weight is 416 g/mol. The first-order chi connectivity index (χ1) is 14.1. The van der Waals surface area contributed by atoms with Crippen molar-refractivity contribution in [2.75, 3.05) is 20.0 Å². The summed E-state index contributed by atoms with van der Waals surface area (Å²) in [7, 11) is 3.13. The molecule has 0 spiro atoms. The van der Waals surface area contributed by atoms with E-state index in [1.165, 1.54) is 0 Å². The molecular weight excluding hydrogens is 386 g/mol. The zero-order valence-corrected chi connectivity index (χ0v) is 18.1. The van der Waals surface area contributed by atoms with Crippen molar-refractivity contribution < 1.29 is 19.0 Å². The number of hydrogen-bond donors (Lipinski definition) is 1. The van der Waals surface area contributed by atoms with Crippen LogP contribution in [0.1, 0.15) is 42.1 Å². The fourth-order valence-electron chi connectivity index (χ4n) is 3.61. The van der Waals surface area contributed by atoms with Crippen molar-refractivity contribution in [3.63, 3.8) is 0 Å². The largest absolute Gasteiger partial charge is 0.493 e. The molecule has 29 heavy (non-hydrogen) atoms. The Kier molecular flexibility index (Phi) is 7.69. The fourth-order valence-corrected chi connectivity index (χ4v) is 4.75. The highest BCUT2D eigenvalue weighted by atomic mass is 32.2. The SMILES string of the molecule is CCSC1CCC(NC(=O)c2cc(OC)c(OCc3ccccc3)c(OC)c2)C1. The average Bonchev–Trinajstić information content (AvgIpc) is 3.19. The molecule has 0 bridgehead atoms. The van der Waals surface area contributed by atoms with Crippen LogP contribution in [-0.4, -0.2) is 37.2 Å². The first-order valence-corrected chi connectivity index (χ1v) is 11.0. The Morgan fingerprint density at radius 3 is 2.41 bits per heavy atom. The number of hydrogen-bond acceptors (Lipinski definition) is 5. The number of nitrogens with one attached hydrogen (secondary N) is 1. The zero-order valence-electron chi connectivity index (χ0n) is 17.3. The minimum atomic E-state index is -0.108. The standard InChI is InChI=1S/C23H29NO4S/c1-4-29-19-11-10-18(14-19)24-23(25)17-12-20(26-2)22(21(13-17)27-3)28-15-16-8-6-5-7-9-16/h5-9,12-13,18-19H,4,10-11,14-15H2,1-3H3,(H,24,25). The number of ether oxygens (including phenoxy) is 3. The van der Waals surface area contributed by atoms with Gasteiger partial charge in [0.15, 0.2) is 11.5 Å². The van der Waals surface area contributed by atoms with Crippen LogP contribution in [0.5, 0.6) is 17.2 Å². The molecule has 1 aliphatic rings. The first-order valence-electron chi connectivity index (χ1n) is 9.99. The summed E-state index contributed by atoms with van der Waals surface area (Å²) in [6.45, 7) is 2.56. The maximum atomic E-state index is 12.8. The van der Waals surface area contributed by atoms with Crippen molar-refractivity contribution in [3.05, 3.63) is 53.6 Å². The quantitative estimate of drug-likeness (QED) is 0.644. The molecule has 156 valence electrons. The lowest BCUT2D eigenvalue weighted by molar-refractivity contribution is 0.0937. The molecule has 1 N–H and O–H groups in total. The molecule has 0 aromatic heterocycles. The number of carbonyl (C=O) groups is 1. The van der Waals surface area contributed by atoms with Gasteiger partial charge in [0.25, 0.3) is 5.91 Å². The molecule has 2 aromatic rings. The van der Waals surface area contributed by atoms with Gasteiger partial charge in [-0.1, -0.05) is 37.3 Å². The van der Waals surface area contributed by atoms with E-state index in [1.54, 1.807) is 26.4 Å². The number of rotatable bonds is 9. The Labute approximate surface area is 177 Å². The van der Waals surface area contributed by atoms with Crippen molar-refractivity contribution in [2.24, 2.45) is 0 Å². The van der Waals surface area contributed by atoms with Crippen LogP contribution in [0.2, 0.25) is 0 Å². The number of amides is 1. The Hall–Kier alpha value is -2.34. The monoisotopic (exact) mass is 415 g/mol. The molecule has 6 heteroatoms. The molecule has 0 saturated heterocycles. The second-order valence-electron chi connectivity index (χ2n) is 7.04. The molecule has 0 radical (unpaired) electrons. The van der Waals surface area contributed by atoms with Crippen LogP contribution in [0.4, 0.5) is 0 Å². The molecule has 0 aliphatic heterocycles. The third kappa shape index (κ3) is 5.60. The van der Waals surface area contributed by atoms with Crippen molar-refractivity contribution >= 4 is 17.7 Å². The van der Waals surface area contributed by atoms with Gasteiger partial charge in [-0.2, -0.15) is 11.8 Å². The Morgan fingerprint density at radius 2 is 1.79 bits per heavy atom. The predicted molar refractivity (Wildman–Crippen MR) is 117 cm³/mol. The minimum Gasteiger partial charge on any atom is -0.493 e. The summed E-state index contributed by atoms with van der Waals surface area (Å²) in [4.78, 5) is 12.8.